The van der Waals surface area contributed by atoms with Crippen molar-refractivity contribution in [2.75, 3.05) is 26.2 Å². The summed E-state index contributed by atoms with van der Waals surface area (Å²) in [6, 6.07) is 0.767. The Morgan fingerprint density at radius 2 is 1.89 bits per heavy atom. The van der Waals surface area contributed by atoms with Crippen LogP contribution in [0, 0.1) is 0 Å². The molecule has 4 nitrogen and oxygen atoms in total. The molecule has 0 aromatic rings. The fourth-order valence-corrected chi connectivity index (χ4v) is 3.20. The molecular formula is C15H27N3O. The molecule has 2 rings (SSSR count). The lowest BCUT2D eigenvalue weighted by molar-refractivity contribution is -0.134. The summed E-state index contributed by atoms with van der Waals surface area (Å²) in [6.45, 7) is 6.95. The van der Waals surface area contributed by atoms with Crippen LogP contribution in [0.25, 0.3) is 0 Å². The molecule has 0 aromatic heterocycles. The van der Waals surface area contributed by atoms with Gasteiger partial charge in [0.25, 0.3) is 0 Å². The zero-order valence-electron chi connectivity index (χ0n) is 11.9. The zero-order valence-corrected chi connectivity index (χ0v) is 11.9. The van der Waals surface area contributed by atoms with Crippen molar-refractivity contribution in [1.82, 2.24) is 9.80 Å². The summed E-state index contributed by atoms with van der Waals surface area (Å²) in [6.07, 6.45) is 8.70. The molecule has 108 valence electrons. The number of nitrogens with two attached hydrogens (primary N) is 1. The van der Waals surface area contributed by atoms with E-state index in [-0.39, 0.29) is 5.91 Å². The molecule has 0 atom stereocenters. The smallest absolute Gasteiger partial charge is 0.237 e. The Bertz CT molecular complexity index is 305. The number of piperidine rings is 1. The second-order valence-corrected chi connectivity index (χ2v) is 5.89. The van der Waals surface area contributed by atoms with Gasteiger partial charge in [-0.2, -0.15) is 0 Å². The molecule has 1 aliphatic heterocycles. The van der Waals surface area contributed by atoms with Crippen molar-refractivity contribution in [2.24, 2.45) is 5.73 Å². The van der Waals surface area contributed by atoms with Crippen molar-refractivity contribution < 1.29 is 4.79 Å². The Morgan fingerprint density at radius 3 is 2.47 bits per heavy atom. The lowest BCUT2D eigenvalue weighted by Crippen LogP contribution is -2.48. The Labute approximate surface area is 116 Å². The first-order chi connectivity index (χ1) is 9.20. The van der Waals surface area contributed by atoms with E-state index in [1.54, 1.807) is 0 Å². The fourth-order valence-electron chi connectivity index (χ4n) is 3.20. The van der Waals surface area contributed by atoms with Gasteiger partial charge in [0.2, 0.25) is 5.91 Å². The van der Waals surface area contributed by atoms with Crippen LogP contribution >= 0.6 is 0 Å². The van der Waals surface area contributed by atoms with Crippen molar-refractivity contribution in [3.63, 3.8) is 0 Å². The van der Waals surface area contributed by atoms with Crippen LogP contribution in [0.1, 0.15) is 38.5 Å². The fraction of sp³-hybridized carbons (Fsp3) is 0.800. The molecule has 2 aliphatic rings. The van der Waals surface area contributed by atoms with Crippen LogP contribution in [-0.4, -0.2) is 54.0 Å². The quantitative estimate of drug-likeness (QED) is 0.764. The van der Waals surface area contributed by atoms with E-state index in [9.17, 15) is 4.79 Å². The van der Waals surface area contributed by atoms with E-state index in [4.69, 9.17) is 5.73 Å². The summed E-state index contributed by atoms with van der Waals surface area (Å²) < 4.78 is 0. The Morgan fingerprint density at radius 1 is 1.26 bits per heavy atom. The summed E-state index contributed by atoms with van der Waals surface area (Å²) in [7, 11) is 0. The van der Waals surface area contributed by atoms with Crippen LogP contribution in [-0.2, 0) is 4.79 Å². The van der Waals surface area contributed by atoms with Gasteiger partial charge in [0, 0.05) is 31.7 Å². The van der Waals surface area contributed by atoms with Crippen LogP contribution < -0.4 is 5.73 Å². The van der Waals surface area contributed by atoms with Gasteiger partial charge in [-0.25, -0.2) is 0 Å². The highest BCUT2D eigenvalue weighted by molar-refractivity contribution is 5.78. The summed E-state index contributed by atoms with van der Waals surface area (Å²) in [5.74, 6) is 0.266. The van der Waals surface area contributed by atoms with Crippen LogP contribution in [0.5, 0.6) is 0 Å². The maximum Gasteiger partial charge on any atom is 0.237 e. The van der Waals surface area contributed by atoms with E-state index < -0.39 is 0 Å². The van der Waals surface area contributed by atoms with Gasteiger partial charge in [0.05, 0.1) is 6.54 Å². The molecule has 4 heteroatoms. The predicted octanol–water partition coefficient (Wildman–Crippen LogP) is 1.37. The maximum absolute atomic E-state index is 12.5. The van der Waals surface area contributed by atoms with E-state index in [2.05, 4.69) is 11.5 Å². The van der Waals surface area contributed by atoms with E-state index in [0.717, 1.165) is 38.8 Å². The molecule has 0 aromatic carbocycles. The van der Waals surface area contributed by atoms with Gasteiger partial charge in [-0.15, -0.1) is 6.58 Å². The van der Waals surface area contributed by atoms with Gasteiger partial charge in [0.15, 0.2) is 0 Å². The van der Waals surface area contributed by atoms with Crippen molar-refractivity contribution >= 4 is 5.91 Å². The van der Waals surface area contributed by atoms with Crippen molar-refractivity contribution in [1.29, 1.82) is 0 Å². The Kier molecular flexibility index (Phi) is 5.40. The van der Waals surface area contributed by atoms with Crippen molar-refractivity contribution in [2.45, 2.75) is 50.6 Å². The largest absolute Gasteiger partial charge is 0.335 e. The molecular weight excluding hydrogens is 238 g/mol. The van der Waals surface area contributed by atoms with Gasteiger partial charge < -0.3 is 10.6 Å². The molecule has 1 amide bonds. The molecule has 0 bridgehead atoms. The molecule has 2 fully saturated rings. The van der Waals surface area contributed by atoms with Crippen LogP contribution in [0.3, 0.4) is 0 Å². The topological polar surface area (TPSA) is 49.6 Å². The first-order valence-corrected chi connectivity index (χ1v) is 7.59. The third-order valence-electron chi connectivity index (χ3n) is 4.40. The van der Waals surface area contributed by atoms with E-state index in [1.807, 2.05) is 11.0 Å². The Hall–Kier alpha value is -0.870. The van der Waals surface area contributed by atoms with E-state index in [1.165, 1.54) is 12.8 Å². The van der Waals surface area contributed by atoms with Gasteiger partial charge in [-0.1, -0.05) is 18.9 Å². The number of hydrogen-bond donors (Lipinski definition) is 1. The maximum atomic E-state index is 12.5. The minimum Gasteiger partial charge on any atom is -0.335 e. The predicted molar refractivity (Wildman–Crippen MR) is 77.8 cm³/mol. The normalized spacial score (nSPS) is 22.6. The number of carbonyl (C=O) groups is 1. The van der Waals surface area contributed by atoms with Gasteiger partial charge >= 0.3 is 0 Å². The second kappa shape index (κ2) is 7.06. The second-order valence-electron chi connectivity index (χ2n) is 5.89. The molecule has 0 unspecified atom stereocenters. The van der Waals surface area contributed by atoms with Gasteiger partial charge in [-0.05, 0) is 25.7 Å². The molecule has 0 spiro atoms. The minimum atomic E-state index is 0.266. The highest BCUT2D eigenvalue weighted by Crippen LogP contribution is 2.23. The third kappa shape index (κ3) is 4.05. The van der Waals surface area contributed by atoms with Gasteiger partial charge in [-0.3, -0.25) is 9.69 Å². The summed E-state index contributed by atoms with van der Waals surface area (Å²) in [5, 5.41) is 0. The summed E-state index contributed by atoms with van der Waals surface area (Å²) in [5.41, 5.74) is 5.90. The summed E-state index contributed by atoms with van der Waals surface area (Å²) in [4.78, 5) is 16.8. The number of hydrogen-bond acceptors (Lipinski definition) is 3. The average molecular weight is 265 g/mol. The highest BCUT2D eigenvalue weighted by Gasteiger charge is 2.27. The third-order valence-corrected chi connectivity index (χ3v) is 4.40. The number of nitrogens with zero attached hydrogens (tertiary/aromatic N) is 2. The van der Waals surface area contributed by atoms with Crippen molar-refractivity contribution in [3.05, 3.63) is 12.7 Å². The summed E-state index contributed by atoms with van der Waals surface area (Å²) >= 11 is 0. The van der Waals surface area contributed by atoms with Crippen LogP contribution in [0.2, 0.25) is 0 Å². The molecule has 0 radical (unpaired) electrons. The van der Waals surface area contributed by atoms with E-state index in [0.29, 0.717) is 25.2 Å². The van der Waals surface area contributed by atoms with Crippen LogP contribution in [0.15, 0.2) is 12.7 Å². The monoisotopic (exact) mass is 265 g/mol. The van der Waals surface area contributed by atoms with Crippen molar-refractivity contribution in [3.8, 4) is 0 Å². The lowest BCUT2D eigenvalue weighted by Gasteiger charge is -2.33. The molecule has 1 saturated heterocycles. The lowest BCUT2D eigenvalue weighted by atomic mass is 10.1. The minimum absolute atomic E-state index is 0.266. The standard InChI is InChI=1S/C15H27N3O/c1-2-9-18(14-5-3-4-6-14)15(19)12-17-10-7-13(16)8-11-17/h2,13-14H,1,3-12,16H2. The first-order valence-electron chi connectivity index (χ1n) is 7.59. The number of amides is 1. The molecule has 1 heterocycles. The molecule has 1 saturated carbocycles. The Balaban J connectivity index is 1.86. The number of rotatable bonds is 5. The molecule has 2 N–H and O–H groups in total. The number of carbonyl (C=O) groups excluding carboxylic acids is 1. The average Bonchev–Trinajstić information content (AvgIpc) is 2.92. The highest BCUT2D eigenvalue weighted by atomic mass is 16.2. The van der Waals surface area contributed by atoms with Gasteiger partial charge in [0.1, 0.15) is 0 Å². The van der Waals surface area contributed by atoms with E-state index >= 15 is 0 Å². The van der Waals surface area contributed by atoms with Crippen LogP contribution in [0.4, 0.5) is 0 Å². The number of likely N-dealkylation sites (tertiary alicyclic amines) is 1. The molecule has 1 aliphatic carbocycles. The SMILES string of the molecule is C=CCN(C(=O)CN1CCC(N)CC1)C1CCCC1. The zero-order chi connectivity index (χ0) is 13.7. The molecule has 19 heavy (non-hydrogen) atoms. The first kappa shape index (κ1) is 14.5.